The van der Waals surface area contributed by atoms with Crippen LogP contribution in [0, 0.1) is 0 Å². The Morgan fingerprint density at radius 3 is 1.56 bits per heavy atom. The van der Waals surface area contributed by atoms with Gasteiger partial charge in [0.05, 0.1) is 16.2 Å². The molecule has 2 unspecified atom stereocenters. The van der Waals surface area contributed by atoms with Gasteiger partial charge in [0.25, 0.3) is 0 Å². The fraction of sp³-hybridized carbons (Fsp3) is 1.00. The molecule has 146 valence electrons. The van der Waals surface area contributed by atoms with Gasteiger partial charge in [-0.15, -0.1) is 0 Å². The molecule has 4 nitrogen and oxygen atoms in total. The zero-order valence-corrected chi connectivity index (χ0v) is 19.7. The van der Waals surface area contributed by atoms with Crippen LogP contribution in [0.5, 0.6) is 0 Å². The van der Waals surface area contributed by atoms with Gasteiger partial charge < -0.3 is 9.66 Å². The minimum atomic E-state index is -4.16. The zero-order chi connectivity index (χ0) is 18.3. The molecule has 25 heavy (non-hydrogen) atoms. The van der Waals surface area contributed by atoms with Gasteiger partial charge in [0.2, 0.25) is 0 Å². The molecular formula is C19H39NaO4S. The molecule has 0 aliphatic heterocycles. The summed E-state index contributed by atoms with van der Waals surface area (Å²) in [5, 5.41) is 8.78. The number of unbranched alkanes of at least 4 members (excludes halogenated alkanes) is 9. The number of rotatable bonds is 17. The van der Waals surface area contributed by atoms with Crippen LogP contribution in [0.15, 0.2) is 0 Å². The van der Waals surface area contributed by atoms with Crippen molar-refractivity contribution in [2.75, 3.05) is 0 Å². The number of aliphatic hydroxyl groups excluding tert-OH is 1. The molecule has 0 fully saturated rings. The van der Waals surface area contributed by atoms with Crippen molar-refractivity contribution in [1.29, 1.82) is 0 Å². The van der Waals surface area contributed by atoms with E-state index >= 15 is 0 Å². The van der Waals surface area contributed by atoms with Crippen LogP contribution in [0.25, 0.3) is 0 Å². The maximum absolute atomic E-state index is 11.4. The molecule has 1 N–H and O–H groups in total. The maximum atomic E-state index is 11.4. The smallest absolute Gasteiger partial charge is 0.748 e. The molecule has 2 atom stereocenters. The van der Waals surface area contributed by atoms with E-state index in [1.165, 1.54) is 19.3 Å². The quantitative estimate of drug-likeness (QED) is 0.236. The first-order chi connectivity index (χ1) is 11.4. The molecular weight excluding hydrogens is 347 g/mol. The summed E-state index contributed by atoms with van der Waals surface area (Å²) in [6.45, 7) is 4.16. The molecule has 6 heteroatoms. The van der Waals surface area contributed by atoms with Gasteiger partial charge in [-0.3, -0.25) is 0 Å². The molecule has 0 amide bonds. The molecule has 0 aromatic rings. The summed E-state index contributed by atoms with van der Waals surface area (Å²) < 4.78 is 34.2. The average Bonchev–Trinajstić information content (AvgIpc) is 2.53. The first kappa shape index (κ1) is 28.1. The Labute approximate surface area is 178 Å². The number of aliphatic hydroxyl groups is 1. The van der Waals surface area contributed by atoms with Crippen molar-refractivity contribution in [3.8, 4) is 0 Å². The summed E-state index contributed by atoms with van der Waals surface area (Å²) in [6, 6.07) is 0. The monoisotopic (exact) mass is 386 g/mol. The van der Waals surface area contributed by atoms with Crippen LogP contribution in [-0.2, 0) is 10.1 Å². The van der Waals surface area contributed by atoms with Gasteiger partial charge in [0, 0.05) is 5.25 Å². The van der Waals surface area contributed by atoms with E-state index in [0.717, 1.165) is 64.2 Å². The summed E-state index contributed by atoms with van der Waals surface area (Å²) >= 11 is 0. The van der Waals surface area contributed by atoms with E-state index in [0.29, 0.717) is 12.8 Å². The Kier molecular flexibility index (Phi) is 20.5. The van der Waals surface area contributed by atoms with E-state index in [9.17, 15) is 18.1 Å². The van der Waals surface area contributed by atoms with Crippen molar-refractivity contribution >= 4 is 10.1 Å². The Morgan fingerprint density at radius 1 is 0.760 bits per heavy atom. The molecule has 0 aromatic heterocycles. The van der Waals surface area contributed by atoms with E-state index in [4.69, 9.17) is 0 Å². The van der Waals surface area contributed by atoms with E-state index in [2.05, 4.69) is 6.92 Å². The van der Waals surface area contributed by atoms with Gasteiger partial charge >= 0.3 is 29.6 Å². The third-order valence-electron chi connectivity index (χ3n) is 4.82. The molecule has 0 saturated carbocycles. The third kappa shape index (κ3) is 18.0. The summed E-state index contributed by atoms with van der Waals surface area (Å²) in [7, 11) is -4.16. The van der Waals surface area contributed by atoms with E-state index in [-0.39, 0.29) is 35.7 Å². The largest absolute Gasteiger partial charge is 1.00 e. The average molecular weight is 387 g/mol. The van der Waals surface area contributed by atoms with Crippen LogP contribution in [0.1, 0.15) is 110 Å². The number of hydrogen-bond donors (Lipinski definition) is 1. The van der Waals surface area contributed by atoms with Crippen LogP contribution in [0.4, 0.5) is 0 Å². The summed E-state index contributed by atoms with van der Waals surface area (Å²) in [5.41, 5.74) is 0. The van der Waals surface area contributed by atoms with Crippen molar-refractivity contribution in [2.45, 2.75) is 122 Å². The van der Waals surface area contributed by atoms with Crippen LogP contribution < -0.4 is 29.6 Å². The van der Waals surface area contributed by atoms with E-state index < -0.39 is 15.4 Å². The van der Waals surface area contributed by atoms with Crippen molar-refractivity contribution < 1.29 is 47.6 Å². The molecule has 0 aliphatic rings. The molecule has 0 heterocycles. The predicted molar refractivity (Wildman–Crippen MR) is 100 cm³/mol. The number of hydrogen-bond acceptors (Lipinski definition) is 4. The summed E-state index contributed by atoms with van der Waals surface area (Å²) in [5.74, 6) is 0. The van der Waals surface area contributed by atoms with Gasteiger partial charge in [-0.05, 0) is 25.7 Å². The van der Waals surface area contributed by atoms with Crippen molar-refractivity contribution in [3.63, 3.8) is 0 Å². The van der Waals surface area contributed by atoms with E-state index in [1.807, 2.05) is 6.92 Å². The molecule has 0 spiro atoms. The predicted octanol–water partition coefficient (Wildman–Crippen LogP) is 2.16. The van der Waals surface area contributed by atoms with Crippen molar-refractivity contribution in [3.05, 3.63) is 0 Å². The maximum Gasteiger partial charge on any atom is 1.00 e. The summed E-state index contributed by atoms with van der Waals surface area (Å²) in [6.07, 6.45) is 14.1. The Bertz CT molecular complexity index is 374. The standard InChI is InChI=1S/C19H40O4S.Na/c1-3-5-6-7-10-13-16-19(24(21,22)23)17-14-11-8-9-12-15-18(20)4-2;/h18-20H,3-17H2,1-2H3,(H,21,22,23);/q;+1/p-1. The SMILES string of the molecule is CCCCCCCCC(CCCCCCCC(O)CC)S(=O)(=O)[O-].[Na+]. The fourth-order valence-corrected chi connectivity index (χ4v) is 3.98. The van der Waals surface area contributed by atoms with Gasteiger partial charge in [0.1, 0.15) is 0 Å². The van der Waals surface area contributed by atoms with Gasteiger partial charge in [0.15, 0.2) is 0 Å². The minimum Gasteiger partial charge on any atom is -0.748 e. The third-order valence-corrected chi connectivity index (χ3v) is 6.11. The molecule has 0 bridgehead atoms. The molecule has 0 radical (unpaired) electrons. The fourth-order valence-electron chi connectivity index (χ4n) is 3.07. The molecule has 0 aliphatic carbocycles. The Hall–Kier alpha value is 0.870. The van der Waals surface area contributed by atoms with Crippen LogP contribution >= 0.6 is 0 Å². The van der Waals surface area contributed by atoms with Crippen LogP contribution in [0.2, 0.25) is 0 Å². The Balaban J connectivity index is 0. The van der Waals surface area contributed by atoms with Crippen molar-refractivity contribution in [2.24, 2.45) is 0 Å². The Morgan fingerprint density at radius 2 is 1.16 bits per heavy atom. The van der Waals surface area contributed by atoms with Gasteiger partial charge in [-0.1, -0.05) is 84.5 Å². The molecule has 0 rings (SSSR count). The van der Waals surface area contributed by atoms with Crippen LogP contribution in [0.3, 0.4) is 0 Å². The first-order valence-corrected chi connectivity index (χ1v) is 11.5. The second kappa shape index (κ2) is 18.2. The normalized spacial score (nSPS) is 14.1. The molecule has 0 saturated heterocycles. The molecule has 0 aromatic carbocycles. The first-order valence-electron chi connectivity index (χ1n) is 10.0. The van der Waals surface area contributed by atoms with Gasteiger partial charge in [-0.2, -0.15) is 0 Å². The minimum absolute atomic E-state index is 0. The zero-order valence-electron chi connectivity index (χ0n) is 16.8. The second-order valence-corrected chi connectivity index (χ2v) is 8.73. The second-order valence-electron chi connectivity index (χ2n) is 7.08. The summed E-state index contributed by atoms with van der Waals surface area (Å²) in [4.78, 5) is 0. The van der Waals surface area contributed by atoms with Crippen molar-refractivity contribution in [1.82, 2.24) is 0 Å². The van der Waals surface area contributed by atoms with Crippen LogP contribution in [-0.4, -0.2) is 29.4 Å². The van der Waals surface area contributed by atoms with Gasteiger partial charge in [-0.25, -0.2) is 8.42 Å². The van der Waals surface area contributed by atoms with E-state index in [1.54, 1.807) is 0 Å². The topological polar surface area (TPSA) is 77.4 Å².